The first-order valence-corrected chi connectivity index (χ1v) is 8.38. The molecule has 0 radical (unpaired) electrons. The van der Waals surface area contributed by atoms with Gasteiger partial charge in [0.1, 0.15) is 4.83 Å². The van der Waals surface area contributed by atoms with E-state index in [9.17, 15) is 4.79 Å². The van der Waals surface area contributed by atoms with Crippen LogP contribution in [0.1, 0.15) is 42.6 Å². The lowest BCUT2D eigenvalue weighted by atomic mass is 9.96. The molecule has 0 bridgehead atoms. The number of aliphatic hydroxyl groups excluding tert-OH is 1. The van der Waals surface area contributed by atoms with Gasteiger partial charge in [-0.2, -0.15) is 5.10 Å². The molecule has 2 heterocycles. The average molecular weight is 323 g/mol. The summed E-state index contributed by atoms with van der Waals surface area (Å²) in [5.41, 5.74) is 0.977. The summed E-state index contributed by atoms with van der Waals surface area (Å²) in [6.45, 7) is 9.67. The van der Waals surface area contributed by atoms with Gasteiger partial charge in [0, 0.05) is 32.1 Å². The molecule has 6 heteroatoms. The van der Waals surface area contributed by atoms with E-state index >= 15 is 0 Å². The third kappa shape index (κ3) is 3.67. The first kappa shape index (κ1) is 17.0. The molecule has 0 unspecified atom stereocenters. The highest BCUT2D eigenvalue weighted by Crippen LogP contribution is 2.29. The van der Waals surface area contributed by atoms with Crippen LogP contribution in [0.15, 0.2) is 6.07 Å². The summed E-state index contributed by atoms with van der Waals surface area (Å²) in [5, 5.41) is 14.5. The van der Waals surface area contributed by atoms with E-state index in [4.69, 9.17) is 5.11 Å². The molecule has 0 saturated heterocycles. The van der Waals surface area contributed by atoms with Gasteiger partial charge in [-0.25, -0.2) is 0 Å². The Labute approximate surface area is 135 Å². The summed E-state index contributed by atoms with van der Waals surface area (Å²) in [6.07, 6.45) is 0.604. The predicted molar refractivity (Wildman–Crippen MR) is 90.4 cm³/mol. The van der Waals surface area contributed by atoms with Crippen LogP contribution >= 0.6 is 11.3 Å². The molecule has 22 heavy (non-hydrogen) atoms. The highest BCUT2D eigenvalue weighted by molar-refractivity contribution is 7.20. The van der Waals surface area contributed by atoms with E-state index in [2.05, 4.69) is 25.9 Å². The molecule has 122 valence electrons. The molecule has 0 fully saturated rings. The normalized spacial score (nSPS) is 12.1. The van der Waals surface area contributed by atoms with Crippen molar-refractivity contribution in [1.29, 1.82) is 0 Å². The molecule has 0 aliphatic heterocycles. The van der Waals surface area contributed by atoms with Crippen molar-refractivity contribution in [3.63, 3.8) is 0 Å². The largest absolute Gasteiger partial charge is 0.396 e. The summed E-state index contributed by atoms with van der Waals surface area (Å²) in [4.78, 5) is 16.5. The van der Waals surface area contributed by atoms with E-state index in [-0.39, 0.29) is 17.9 Å². The van der Waals surface area contributed by atoms with Gasteiger partial charge in [-0.15, -0.1) is 11.3 Å². The van der Waals surface area contributed by atoms with Gasteiger partial charge < -0.3 is 10.0 Å². The van der Waals surface area contributed by atoms with E-state index in [1.54, 1.807) is 0 Å². The lowest BCUT2D eigenvalue weighted by Crippen LogP contribution is -2.38. The first-order chi connectivity index (χ1) is 10.2. The first-order valence-electron chi connectivity index (χ1n) is 7.56. The number of aliphatic hydroxyl groups is 1. The summed E-state index contributed by atoms with van der Waals surface area (Å²) in [7, 11) is 1.90. The maximum Gasteiger partial charge on any atom is 0.264 e. The van der Waals surface area contributed by atoms with Crippen LogP contribution in [0.25, 0.3) is 10.2 Å². The molecule has 0 aliphatic rings. The number of hydrogen-bond donors (Lipinski definition) is 1. The molecule has 5 nitrogen and oxygen atoms in total. The van der Waals surface area contributed by atoms with E-state index < -0.39 is 0 Å². The maximum absolute atomic E-state index is 12.8. The molecule has 2 aromatic heterocycles. The van der Waals surface area contributed by atoms with Crippen LogP contribution in [0.3, 0.4) is 0 Å². The van der Waals surface area contributed by atoms with Crippen LogP contribution in [-0.2, 0) is 7.05 Å². The number of amides is 1. The monoisotopic (exact) mass is 323 g/mol. The minimum atomic E-state index is 0.0271. The van der Waals surface area contributed by atoms with E-state index in [0.29, 0.717) is 19.5 Å². The van der Waals surface area contributed by atoms with Crippen molar-refractivity contribution < 1.29 is 9.90 Å². The molecule has 1 N–H and O–H groups in total. The zero-order chi connectivity index (χ0) is 16.5. The lowest BCUT2D eigenvalue weighted by Gasteiger charge is -2.29. The highest BCUT2D eigenvalue weighted by Gasteiger charge is 2.24. The summed E-state index contributed by atoms with van der Waals surface area (Å²) in [5.74, 6) is 0.0453. The second kappa shape index (κ2) is 6.38. The van der Waals surface area contributed by atoms with Crippen molar-refractivity contribution in [1.82, 2.24) is 14.7 Å². The number of nitrogens with zero attached hydrogens (tertiary/aromatic N) is 3. The fourth-order valence-corrected chi connectivity index (χ4v) is 3.64. The Morgan fingerprint density at radius 2 is 2.14 bits per heavy atom. The van der Waals surface area contributed by atoms with Gasteiger partial charge in [-0.05, 0) is 24.8 Å². The number of aromatic nitrogens is 2. The Bertz CT molecular complexity index is 632. The number of aryl methyl sites for hydroxylation is 2. The molecular formula is C16H25N3O2S. The van der Waals surface area contributed by atoms with E-state index in [1.807, 2.05) is 29.6 Å². The predicted octanol–water partition coefficient (Wildman–Crippen LogP) is 2.81. The van der Waals surface area contributed by atoms with Crippen LogP contribution < -0.4 is 0 Å². The fraction of sp³-hybridized carbons (Fsp3) is 0.625. The van der Waals surface area contributed by atoms with Gasteiger partial charge in [0.15, 0.2) is 0 Å². The van der Waals surface area contributed by atoms with Crippen LogP contribution in [0, 0.1) is 12.3 Å². The van der Waals surface area contributed by atoms with Gasteiger partial charge in [-0.1, -0.05) is 20.8 Å². The number of thiophene rings is 1. The average Bonchev–Trinajstić information content (AvgIpc) is 2.95. The van der Waals surface area contributed by atoms with Crippen molar-refractivity contribution in [2.24, 2.45) is 12.5 Å². The van der Waals surface area contributed by atoms with Crippen LogP contribution in [0.2, 0.25) is 0 Å². The number of carbonyl (C=O) groups excluding carboxylic acids is 1. The minimum Gasteiger partial charge on any atom is -0.396 e. The Morgan fingerprint density at radius 1 is 1.45 bits per heavy atom. The fourth-order valence-electron chi connectivity index (χ4n) is 2.55. The molecule has 0 atom stereocenters. The van der Waals surface area contributed by atoms with Crippen molar-refractivity contribution in [2.75, 3.05) is 19.7 Å². The Morgan fingerprint density at radius 3 is 2.68 bits per heavy atom. The molecular weight excluding hydrogens is 298 g/mol. The zero-order valence-corrected chi connectivity index (χ0v) is 14.8. The third-order valence-corrected chi connectivity index (χ3v) is 4.64. The van der Waals surface area contributed by atoms with Crippen LogP contribution in [0.5, 0.6) is 0 Å². The molecule has 2 rings (SSSR count). The van der Waals surface area contributed by atoms with Gasteiger partial charge in [-0.3, -0.25) is 9.48 Å². The Balaban J connectivity index is 2.29. The van der Waals surface area contributed by atoms with Gasteiger partial charge in [0.05, 0.1) is 10.6 Å². The molecule has 0 aromatic carbocycles. The number of hydrogen-bond acceptors (Lipinski definition) is 4. The van der Waals surface area contributed by atoms with Crippen LogP contribution in [0.4, 0.5) is 0 Å². The molecule has 0 aliphatic carbocycles. The molecule has 2 aromatic rings. The molecule has 0 spiro atoms. The van der Waals surface area contributed by atoms with Gasteiger partial charge in [0.25, 0.3) is 5.91 Å². The number of fused-ring (bicyclic) bond motifs is 1. The topological polar surface area (TPSA) is 58.4 Å². The summed E-state index contributed by atoms with van der Waals surface area (Å²) >= 11 is 1.49. The Kier molecular flexibility index (Phi) is 4.92. The van der Waals surface area contributed by atoms with Gasteiger partial charge >= 0.3 is 0 Å². The van der Waals surface area contributed by atoms with Crippen molar-refractivity contribution in [2.45, 2.75) is 34.1 Å². The summed E-state index contributed by atoms with van der Waals surface area (Å²) < 4.78 is 1.83. The number of carbonyl (C=O) groups is 1. The SMILES string of the molecule is Cc1nn(C)c2sc(C(=O)N(CCCO)CC(C)(C)C)cc12. The van der Waals surface area contributed by atoms with Crippen molar-refractivity contribution >= 4 is 27.5 Å². The van der Waals surface area contributed by atoms with Crippen molar-refractivity contribution in [3.8, 4) is 0 Å². The van der Waals surface area contributed by atoms with Crippen LogP contribution in [-0.4, -0.2) is 45.4 Å². The second-order valence-electron chi connectivity index (χ2n) is 6.90. The quantitative estimate of drug-likeness (QED) is 0.920. The molecule has 0 saturated carbocycles. The smallest absolute Gasteiger partial charge is 0.264 e. The van der Waals surface area contributed by atoms with E-state index in [1.165, 1.54) is 11.3 Å². The standard InChI is InChI=1S/C16H25N3O2S/c1-11-12-9-13(22-15(12)18(5)17-11)14(21)19(7-6-8-20)10-16(2,3)4/h9,20H,6-8,10H2,1-5H3. The van der Waals surface area contributed by atoms with Gasteiger partial charge in [0.2, 0.25) is 0 Å². The van der Waals surface area contributed by atoms with Crippen molar-refractivity contribution in [3.05, 3.63) is 16.6 Å². The third-order valence-electron chi connectivity index (χ3n) is 3.45. The zero-order valence-electron chi connectivity index (χ0n) is 14.0. The molecule has 1 amide bonds. The number of rotatable bonds is 5. The van der Waals surface area contributed by atoms with E-state index in [0.717, 1.165) is 20.8 Å². The minimum absolute atomic E-state index is 0.0271. The maximum atomic E-state index is 12.8. The second-order valence-corrected chi connectivity index (χ2v) is 7.93. The Hall–Kier alpha value is -1.40. The highest BCUT2D eigenvalue weighted by atomic mass is 32.1. The summed E-state index contributed by atoms with van der Waals surface area (Å²) in [6, 6.07) is 1.94. The lowest BCUT2D eigenvalue weighted by molar-refractivity contribution is 0.0687.